The molecule has 0 aliphatic carbocycles. The summed E-state index contributed by atoms with van der Waals surface area (Å²) in [6.45, 7) is 4.42. The quantitative estimate of drug-likeness (QED) is 0.0197. The zero-order chi connectivity index (χ0) is 58.3. The summed E-state index contributed by atoms with van der Waals surface area (Å²) in [5, 5.41) is 9.85. The van der Waals surface area contributed by atoms with E-state index < -0.39 is 57.8 Å². The van der Waals surface area contributed by atoms with Crippen LogP contribution in [0.1, 0.15) is 265 Å². The minimum absolute atomic E-state index is 0.0362. The molecule has 0 aliphatic heterocycles. The number of rotatable bonds is 58. The third kappa shape index (κ3) is 58.8. The Bertz CT molecular complexity index is 1760. The van der Waals surface area contributed by atoms with Crippen molar-refractivity contribution in [2.75, 3.05) is 26.4 Å². The van der Waals surface area contributed by atoms with Crippen LogP contribution in [0.3, 0.4) is 0 Å². The fourth-order valence-electron chi connectivity index (χ4n) is 8.35. The Morgan fingerprint density at radius 2 is 0.675 bits per heavy atom. The average molecular weight is 1140 g/mol. The first kappa shape index (κ1) is 76.1. The van der Waals surface area contributed by atoms with Gasteiger partial charge < -0.3 is 24.2 Å². The van der Waals surface area contributed by atoms with Gasteiger partial charge in [0.25, 0.3) is 0 Å². The van der Waals surface area contributed by atoms with E-state index in [2.05, 4.69) is 118 Å². The molecule has 0 radical (unpaired) electrons. The normalized spacial score (nSPS) is 14.0. The van der Waals surface area contributed by atoms with Crippen LogP contribution in [-0.4, -0.2) is 66.5 Å². The molecule has 0 spiro atoms. The Balaban J connectivity index is 4.82. The summed E-state index contributed by atoms with van der Waals surface area (Å²) < 4.78 is 39.6. The highest BCUT2D eigenvalue weighted by Gasteiger charge is 2.28. The van der Waals surface area contributed by atoms with E-state index >= 15 is 0 Å². The van der Waals surface area contributed by atoms with Crippen LogP contribution < -0.4 is 0 Å². The number of unbranched alkanes of at least 4 members (excludes halogenated alkanes) is 23. The van der Waals surface area contributed by atoms with E-state index in [4.69, 9.17) is 23.3 Å². The number of allylic oxidation sites excluding steroid dienone is 18. The van der Waals surface area contributed by atoms with Gasteiger partial charge in [0.15, 0.2) is 6.10 Å². The van der Waals surface area contributed by atoms with Gasteiger partial charge in [-0.05, 0) is 116 Å². The standard InChI is InChI=1S/C68H115O11P/c1-4-7-10-13-16-19-22-25-28-31-32-35-38-41-44-47-50-53-56-59-68(72)79-65(61-75-66(70)57-54-51-48-45-42-39-36-33-29-26-23-20-17-14-11-8-5-2)63-77-80(73,74)76-62-64(60-69)78-67(71)58-55-52-49-46-43-40-37-34-30-27-24-21-18-15-12-9-6-3/h7,10,16-17,19-20,25-30,32,35,41,44,50,53,64-65,69H,4-6,8-9,11-15,18,21-24,31,33-34,36-40,42-43,45-49,51-52,54-63H2,1-3H3,(H,73,74)/b10-7-,19-16-,20-17-,28-25-,29-26-,30-27-,35-32-,44-41-,53-50-. The SMILES string of the molecule is CC/C=C\C/C=C\C/C=C\C/C=C\C/C=C\C/C=C\CCC(=O)OC(COC(=O)CCCCCCCCC/C=C\C/C=C\CCCCC)COP(=O)(O)OCC(CO)OC(=O)CCCCCCCCC/C=C\CCCCCCCC. The summed E-state index contributed by atoms with van der Waals surface area (Å²) in [5.41, 5.74) is 0. The van der Waals surface area contributed by atoms with Crippen LogP contribution in [-0.2, 0) is 42.2 Å². The molecule has 0 aromatic rings. The lowest BCUT2D eigenvalue weighted by molar-refractivity contribution is -0.161. The molecule has 0 saturated carbocycles. The first-order valence-electron chi connectivity index (χ1n) is 31.8. The van der Waals surface area contributed by atoms with E-state index in [1.807, 2.05) is 12.2 Å². The Morgan fingerprint density at radius 1 is 0.362 bits per heavy atom. The summed E-state index contributed by atoms with van der Waals surface area (Å²) in [4.78, 5) is 48.7. The Hall–Kier alpha value is -3.86. The molecule has 0 aromatic heterocycles. The van der Waals surface area contributed by atoms with E-state index in [1.165, 1.54) is 103 Å². The maximum Gasteiger partial charge on any atom is 0.472 e. The van der Waals surface area contributed by atoms with Gasteiger partial charge in [-0.3, -0.25) is 23.4 Å². The van der Waals surface area contributed by atoms with E-state index in [0.717, 1.165) is 96.3 Å². The number of esters is 3. The summed E-state index contributed by atoms with van der Waals surface area (Å²) in [6.07, 6.45) is 74.8. The van der Waals surface area contributed by atoms with Gasteiger partial charge in [-0.2, -0.15) is 0 Å². The number of hydrogen-bond donors (Lipinski definition) is 2. The highest BCUT2D eigenvalue weighted by Crippen LogP contribution is 2.43. The van der Waals surface area contributed by atoms with Crippen molar-refractivity contribution in [1.82, 2.24) is 0 Å². The fourth-order valence-corrected chi connectivity index (χ4v) is 9.13. The van der Waals surface area contributed by atoms with Crippen LogP contribution in [0.2, 0.25) is 0 Å². The molecule has 3 atom stereocenters. The molecule has 2 N–H and O–H groups in total. The number of phosphoric acid groups is 1. The van der Waals surface area contributed by atoms with Crippen molar-refractivity contribution >= 4 is 25.7 Å². The predicted molar refractivity (Wildman–Crippen MR) is 334 cm³/mol. The number of carbonyl (C=O) groups excluding carboxylic acids is 3. The van der Waals surface area contributed by atoms with Crippen LogP contribution in [0.5, 0.6) is 0 Å². The maximum atomic E-state index is 12.9. The number of ether oxygens (including phenoxy) is 3. The lowest BCUT2D eigenvalue weighted by Gasteiger charge is -2.21. The molecular weight excluding hydrogens is 1020 g/mol. The van der Waals surface area contributed by atoms with Crippen LogP contribution in [0.15, 0.2) is 109 Å². The Morgan fingerprint density at radius 3 is 1.11 bits per heavy atom. The highest BCUT2D eigenvalue weighted by atomic mass is 31.2. The largest absolute Gasteiger partial charge is 0.472 e. The van der Waals surface area contributed by atoms with Crippen molar-refractivity contribution < 1.29 is 52.2 Å². The van der Waals surface area contributed by atoms with Crippen molar-refractivity contribution in [3.05, 3.63) is 109 Å². The van der Waals surface area contributed by atoms with Crippen LogP contribution in [0.4, 0.5) is 0 Å². The van der Waals surface area contributed by atoms with E-state index in [9.17, 15) is 28.9 Å². The van der Waals surface area contributed by atoms with Crippen molar-refractivity contribution in [2.45, 2.75) is 277 Å². The van der Waals surface area contributed by atoms with Gasteiger partial charge in [0.1, 0.15) is 12.7 Å². The zero-order valence-electron chi connectivity index (χ0n) is 50.8. The van der Waals surface area contributed by atoms with Gasteiger partial charge in [0.05, 0.1) is 19.8 Å². The zero-order valence-corrected chi connectivity index (χ0v) is 51.7. The molecule has 12 heteroatoms. The third-order valence-electron chi connectivity index (χ3n) is 13.2. The van der Waals surface area contributed by atoms with E-state index in [-0.39, 0.29) is 25.9 Å². The molecule has 0 amide bonds. The number of carbonyl (C=O) groups is 3. The van der Waals surface area contributed by atoms with Crippen LogP contribution >= 0.6 is 7.82 Å². The van der Waals surface area contributed by atoms with Crippen molar-refractivity contribution in [3.63, 3.8) is 0 Å². The number of aliphatic hydroxyl groups excluding tert-OH is 1. The molecule has 458 valence electrons. The molecule has 0 aromatic carbocycles. The molecule has 0 aliphatic rings. The number of phosphoric ester groups is 1. The first-order valence-corrected chi connectivity index (χ1v) is 33.3. The summed E-state index contributed by atoms with van der Waals surface area (Å²) in [6, 6.07) is 0. The third-order valence-corrected chi connectivity index (χ3v) is 14.1. The maximum absolute atomic E-state index is 12.9. The lowest BCUT2D eigenvalue weighted by Crippen LogP contribution is -2.30. The minimum Gasteiger partial charge on any atom is -0.462 e. The average Bonchev–Trinajstić information content (AvgIpc) is 3.45. The van der Waals surface area contributed by atoms with Gasteiger partial charge in [0, 0.05) is 19.3 Å². The van der Waals surface area contributed by atoms with Gasteiger partial charge >= 0.3 is 25.7 Å². The van der Waals surface area contributed by atoms with Crippen molar-refractivity contribution in [2.24, 2.45) is 0 Å². The second-order valence-electron chi connectivity index (χ2n) is 20.8. The molecule has 0 bridgehead atoms. The van der Waals surface area contributed by atoms with Gasteiger partial charge in [-0.15, -0.1) is 0 Å². The molecule has 11 nitrogen and oxygen atoms in total. The van der Waals surface area contributed by atoms with Gasteiger partial charge in [-0.1, -0.05) is 239 Å². The molecule has 3 unspecified atom stereocenters. The number of aliphatic hydroxyl groups is 1. The minimum atomic E-state index is -4.78. The first-order chi connectivity index (χ1) is 39.2. The smallest absolute Gasteiger partial charge is 0.462 e. The van der Waals surface area contributed by atoms with Crippen LogP contribution in [0.25, 0.3) is 0 Å². The van der Waals surface area contributed by atoms with Crippen molar-refractivity contribution in [3.8, 4) is 0 Å². The molecule has 0 heterocycles. The molecule has 0 saturated heterocycles. The Labute approximate surface area is 488 Å². The molecule has 0 fully saturated rings. The number of hydrogen-bond acceptors (Lipinski definition) is 10. The monoisotopic (exact) mass is 1140 g/mol. The fraction of sp³-hybridized carbons (Fsp3) is 0.691. The summed E-state index contributed by atoms with van der Waals surface area (Å²) >= 11 is 0. The molecular formula is C68H115O11P. The predicted octanol–water partition coefficient (Wildman–Crippen LogP) is 19.4. The van der Waals surface area contributed by atoms with E-state index in [0.29, 0.717) is 25.7 Å². The van der Waals surface area contributed by atoms with Gasteiger partial charge in [-0.25, -0.2) is 4.57 Å². The van der Waals surface area contributed by atoms with Gasteiger partial charge in [0.2, 0.25) is 0 Å². The highest BCUT2D eigenvalue weighted by molar-refractivity contribution is 7.47. The Kier molecular flexibility index (Phi) is 58.3. The van der Waals surface area contributed by atoms with E-state index in [1.54, 1.807) is 0 Å². The summed E-state index contributed by atoms with van der Waals surface area (Å²) in [5.74, 6) is -1.58. The molecule has 0 rings (SSSR count). The second kappa shape index (κ2) is 61.2. The topological polar surface area (TPSA) is 155 Å². The van der Waals surface area contributed by atoms with Crippen molar-refractivity contribution in [1.29, 1.82) is 0 Å². The molecule has 80 heavy (non-hydrogen) atoms. The van der Waals surface area contributed by atoms with Crippen LogP contribution in [0, 0.1) is 0 Å². The lowest BCUT2D eigenvalue weighted by atomic mass is 10.1. The summed E-state index contributed by atoms with van der Waals surface area (Å²) in [7, 11) is -4.78. The second-order valence-corrected chi connectivity index (χ2v) is 22.3.